The molecule has 11 heteroatoms. The molecule has 1 aromatic heterocycles. The molecule has 1 aliphatic heterocycles. The van der Waals surface area contributed by atoms with Gasteiger partial charge in [-0.3, -0.25) is 0 Å². The van der Waals surface area contributed by atoms with Gasteiger partial charge in [0.2, 0.25) is 11.8 Å². The topological polar surface area (TPSA) is 131 Å². The predicted octanol–water partition coefficient (Wildman–Crippen LogP) is 8.34. The van der Waals surface area contributed by atoms with Crippen molar-refractivity contribution in [2.75, 3.05) is 41.5 Å². The molecule has 1 unspecified atom stereocenters. The number of urea groups is 1. The molecule has 0 radical (unpaired) electrons. The number of hydrogen-bond donors (Lipinski definition) is 4. The van der Waals surface area contributed by atoms with E-state index >= 15 is 0 Å². The summed E-state index contributed by atoms with van der Waals surface area (Å²) in [5, 5.41) is 14.1. The van der Waals surface area contributed by atoms with Crippen LogP contribution < -0.4 is 30.7 Å². The van der Waals surface area contributed by atoms with Crippen LogP contribution in [0.15, 0.2) is 96.1 Å². The Balaban J connectivity index is 1.22. The summed E-state index contributed by atoms with van der Waals surface area (Å²) in [6.45, 7) is 9.46. The number of fused-ring (bicyclic) bond motifs is 1. The van der Waals surface area contributed by atoms with Crippen LogP contribution >= 0.6 is 0 Å². The number of nitrogens with one attached hydrogen (secondary N) is 4. The molecule has 0 spiro atoms. The smallest absolute Gasteiger partial charge is 0.323 e. The molecule has 246 valence electrons. The lowest BCUT2D eigenvalue weighted by atomic mass is 9.86. The number of methoxy groups -OCH3 is 1. The van der Waals surface area contributed by atoms with Crippen LogP contribution in [-0.2, 0) is 10.2 Å². The minimum atomic E-state index is -0.433. The van der Waals surface area contributed by atoms with Crippen LogP contribution in [0.2, 0.25) is 0 Å². The van der Waals surface area contributed by atoms with Gasteiger partial charge in [0.25, 0.3) is 6.02 Å². The Labute approximate surface area is 279 Å². The zero-order chi connectivity index (χ0) is 33.7. The summed E-state index contributed by atoms with van der Waals surface area (Å²) in [6, 6.07) is 27.0. The molecule has 48 heavy (non-hydrogen) atoms. The van der Waals surface area contributed by atoms with Crippen LogP contribution in [-0.4, -0.2) is 42.3 Å². The molecule has 0 saturated carbocycles. The maximum Gasteiger partial charge on any atom is 0.323 e. The summed E-state index contributed by atoms with van der Waals surface area (Å²) in [7, 11) is 1.56. The highest BCUT2D eigenvalue weighted by molar-refractivity contribution is 6.08. The highest BCUT2D eigenvalue weighted by Gasteiger charge is 2.23. The summed E-state index contributed by atoms with van der Waals surface area (Å²) in [5.41, 5.74) is 3.66. The Morgan fingerprint density at radius 1 is 0.896 bits per heavy atom. The van der Waals surface area contributed by atoms with E-state index in [4.69, 9.17) is 14.2 Å². The van der Waals surface area contributed by atoms with E-state index in [1.807, 2.05) is 60.7 Å². The third kappa shape index (κ3) is 7.41. The number of amides is 2. The van der Waals surface area contributed by atoms with Crippen molar-refractivity contribution in [3.63, 3.8) is 0 Å². The van der Waals surface area contributed by atoms with Gasteiger partial charge in [0.1, 0.15) is 12.4 Å². The van der Waals surface area contributed by atoms with Crippen molar-refractivity contribution >= 4 is 45.8 Å². The number of amidine groups is 1. The van der Waals surface area contributed by atoms with Gasteiger partial charge in [-0.25, -0.2) is 14.8 Å². The molecule has 1 atom stereocenters. The maximum atomic E-state index is 13.5. The van der Waals surface area contributed by atoms with E-state index in [-0.39, 0.29) is 11.5 Å². The Morgan fingerprint density at radius 3 is 2.35 bits per heavy atom. The van der Waals surface area contributed by atoms with Gasteiger partial charge in [0, 0.05) is 23.0 Å². The highest BCUT2D eigenvalue weighted by Crippen LogP contribution is 2.39. The first-order valence-corrected chi connectivity index (χ1v) is 15.8. The number of rotatable bonds is 9. The number of anilines is 4. The number of benzene rings is 4. The number of nitrogens with zero attached hydrogens (tertiary/aromatic N) is 3. The summed E-state index contributed by atoms with van der Waals surface area (Å²) in [6.07, 6.45) is 1.66. The third-order valence-corrected chi connectivity index (χ3v) is 7.86. The van der Waals surface area contributed by atoms with Crippen molar-refractivity contribution in [1.82, 2.24) is 9.97 Å². The van der Waals surface area contributed by atoms with Gasteiger partial charge in [-0.1, -0.05) is 75.4 Å². The number of aromatic nitrogens is 2. The molecule has 0 aliphatic carbocycles. The molecule has 0 saturated heterocycles. The standard InChI is InChI=1S/C37H39N7O4/c1-23(24-11-7-6-8-12-24)40-34-38-18-17-32(44-34)48-31-16-15-28(26-13-9-10-14-27(26)31)41-35(45)42-29-21-25(37(2,3)4)22-30(33(29)46-5)43-36-39-19-20-47-36/h6-18,21-23H,19-20H2,1-5H3,(H,39,43)(H,38,40,44)(H2,41,42,45). The van der Waals surface area contributed by atoms with Crippen molar-refractivity contribution in [2.45, 2.75) is 39.2 Å². The van der Waals surface area contributed by atoms with Crippen LogP contribution in [0, 0.1) is 0 Å². The number of ether oxygens (including phenoxy) is 3. The van der Waals surface area contributed by atoms with Crippen LogP contribution in [0.25, 0.3) is 10.8 Å². The van der Waals surface area contributed by atoms with Gasteiger partial charge in [-0.15, -0.1) is 0 Å². The molecular weight excluding hydrogens is 606 g/mol. The lowest BCUT2D eigenvalue weighted by molar-refractivity contribution is 0.262. The number of carbonyl (C=O) groups is 1. The van der Waals surface area contributed by atoms with E-state index in [0.717, 1.165) is 21.9 Å². The van der Waals surface area contributed by atoms with Gasteiger partial charge in [-0.05, 0) is 47.7 Å². The molecule has 4 aromatic carbocycles. The van der Waals surface area contributed by atoms with E-state index < -0.39 is 6.03 Å². The lowest BCUT2D eigenvalue weighted by Gasteiger charge is -2.24. The fourth-order valence-electron chi connectivity index (χ4n) is 5.34. The van der Waals surface area contributed by atoms with E-state index in [2.05, 4.69) is 76.1 Å². The van der Waals surface area contributed by atoms with Crippen LogP contribution in [0.3, 0.4) is 0 Å². The van der Waals surface area contributed by atoms with E-state index in [1.165, 1.54) is 0 Å². The number of aliphatic imine (C=N–C) groups is 1. The number of hydrogen-bond acceptors (Lipinski definition) is 9. The monoisotopic (exact) mass is 645 g/mol. The van der Waals surface area contributed by atoms with Gasteiger partial charge in [-0.2, -0.15) is 4.98 Å². The van der Waals surface area contributed by atoms with E-state index in [1.54, 1.807) is 25.4 Å². The van der Waals surface area contributed by atoms with E-state index in [9.17, 15) is 4.79 Å². The predicted molar refractivity (Wildman–Crippen MR) is 191 cm³/mol. The molecule has 6 rings (SSSR count). The molecular formula is C37H39N7O4. The molecule has 5 aromatic rings. The van der Waals surface area contributed by atoms with Crippen LogP contribution in [0.4, 0.5) is 27.8 Å². The Bertz CT molecular complexity index is 1960. The fraction of sp³-hybridized carbons (Fsp3) is 0.243. The van der Waals surface area contributed by atoms with Gasteiger partial charge < -0.3 is 35.5 Å². The van der Waals surface area contributed by atoms with Crippen LogP contribution in [0.5, 0.6) is 17.4 Å². The second kappa shape index (κ2) is 13.9. The molecule has 11 nitrogen and oxygen atoms in total. The Hall–Kier alpha value is -5.84. The first-order chi connectivity index (χ1) is 23.2. The molecule has 1 aliphatic rings. The van der Waals surface area contributed by atoms with Gasteiger partial charge >= 0.3 is 6.03 Å². The SMILES string of the molecule is COc1c(NC(=O)Nc2ccc(Oc3ccnc(NC(C)c4ccccc4)n3)c3ccccc23)cc(C(C)(C)C)cc1NC1=NCCO1. The second-order valence-corrected chi connectivity index (χ2v) is 12.3. The molecule has 4 N–H and O–H groups in total. The minimum Gasteiger partial charge on any atom is -0.492 e. The Kier molecular flexibility index (Phi) is 9.29. The van der Waals surface area contributed by atoms with Gasteiger partial charge in [0.15, 0.2) is 5.75 Å². The highest BCUT2D eigenvalue weighted by atomic mass is 16.5. The molecule has 0 fully saturated rings. The summed E-state index contributed by atoms with van der Waals surface area (Å²) in [4.78, 5) is 26.8. The first kappa shape index (κ1) is 32.1. The van der Waals surface area contributed by atoms with Crippen molar-refractivity contribution in [1.29, 1.82) is 0 Å². The summed E-state index contributed by atoms with van der Waals surface area (Å²) >= 11 is 0. The Morgan fingerprint density at radius 2 is 1.62 bits per heavy atom. The molecule has 2 amide bonds. The zero-order valence-electron chi connectivity index (χ0n) is 27.6. The average molecular weight is 646 g/mol. The summed E-state index contributed by atoms with van der Waals surface area (Å²) < 4.78 is 17.6. The first-order valence-electron chi connectivity index (χ1n) is 15.8. The fourth-order valence-corrected chi connectivity index (χ4v) is 5.34. The second-order valence-electron chi connectivity index (χ2n) is 12.3. The zero-order valence-corrected chi connectivity index (χ0v) is 27.6. The minimum absolute atomic E-state index is 0.00765. The van der Waals surface area contributed by atoms with Gasteiger partial charge in [0.05, 0.1) is 36.8 Å². The van der Waals surface area contributed by atoms with Crippen LogP contribution in [0.1, 0.15) is 44.9 Å². The van der Waals surface area contributed by atoms with Crippen molar-refractivity contribution in [2.24, 2.45) is 4.99 Å². The molecule has 0 bridgehead atoms. The lowest BCUT2D eigenvalue weighted by Crippen LogP contribution is -2.22. The largest absolute Gasteiger partial charge is 0.492 e. The third-order valence-electron chi connectivity index (χ3n) is 7.86. The molecule has 2 heterocycles. The number of carbonyl (C=O) groups excluding carboxylic acids is 1. The normalized spacial score (nSPS) is 13.2. The van der Waals surface area contributed by atoms with Crippen molar-refractivity contribution in [3.05, 3.63) is 102 Å². The van der Waals surface area contributed by atoms with Crippen molar-refractivity contribution < 1.29 is 19.0 Å². The maximum absolute atomic E-state index is 13.5. The van der Waals surface area contributed by atoms with E-state index in [0.29, 0.717) is 59.6 Å². The quantitative estimate of drug-likeness (QED) is 0.126. The van der Waals surface area contributed by atoms with Crippen molar-refractivity contribution in [3.8, 4) is 17.4 Å². The summed E-state index contributed by atoms with van der Waals surface area (Å²) in [5.74, 6) is 1.89. The average Bonchev–Trinajstić information content (AvgIpc) is 3.59.